The number of thiophene rings is 1. The number of fused-ring (bicyclic) bond motifs is 1. The number of carbonyl (C=O) groups excluding carboxylic acids is 2. The second-order valence-corrected chi connectivity index (χ2v) is 7.02. The first-order valence-electron chi connectivity index (χ1n) is 8.48. The number of hydrogen-bond acceptors (Lipinski definition) is 6. The van der Waals surface area contributed by atoms with E-state index in [-0.39, 0.29) is 6.03 Å². The van der Waals surface area contributed by atoms with Crippen molar-refractivity contribution in [2.24, 2.45) is 0 Å². The summed E-state index contributed by atoms with van der Waals surface area (Å²) in [6, 6.07) is 6.31. The van der Waals surface area contributed by atoms with E-state index in [0.717, 1.165) is 22.4 Å². The Hall–Kier alpha value is -2.74. The van der Waals surface area contributed by atoms with Gasteiger partial charge in [0.05, 0.1) is 21.3 Å². The molecule has 8 heteroatoms. The molecule has 1 atom stereocenters. The van der Waals surface area contributed by atoms with Gasteiger partial charge < -0.3 is 24.4 Å². The molecule has 3 rings (SSSR count). The molecular formula is C19H22N2O5S. The van der Waals surface area contributed by atoms with Crippen molar-refractivity contribution in [3.8, 4) is 11.5 Å². The zero-order chi connectivity index (χ0) is 19.4. The molecule has 27 heavy (non-hydrogen) atoms. The van der Waals surface area contributed by atoms with Gasteiger partial charge in [0.15, 0.2) is 17.5 Å². The highest BCUT2D eigenvalue weighted by Crippen LogP contribution is 2.34. The zero-order valence-electron chi connectivity index (χ0n) is 15.5. The summed E-state index contributed by atoms with van der Waals surface area (Å²) < 4.78 is 15.4. The Morgan fingerprint density at radius 2 is 1.96 bits per heavy atom. The third kappa shape index (κ3) is 3.85. The van der Waals surface area contributed by atoms with E-state index in [1.54, 1.807) is 31.6 Å². The molecule has 0 saturated heterocycles. The predicted molar refractivity (Wildman–Crippen MR) is 101 cm³/mol. The normalized spacial score (nSPS) is 15.7. The van der Waals surface area contributed by atoms with E-state index in [4.69, 9.17) is 14.2 Å². The Morgan fingerprint density at radius 1 is 1.19 bits per heavy atom. The Bertz CT molecular complexity index is 835. The number of methoxy groups -OCH3 is 3. The third-order valence-electron chi connectivity index (χ3n) is 4.54. The number of esters is 1. The van der Waals surface area contributed by atoms with Crippen molar-refractivity contribution in [2.75, 3.05) is 27.9 Å². The molecule has 1 unspecified atom stereocenters. The minimum Gasteiger partial charge on any atom is -0.493 e. The van der Waals surface area contributed by atoms with Gasteiger partial charge in [-0.3, -0.25) is 0 Å². The lowest BCUT2D eigenvalue weighted by molar-refractivity contribution is -0.146. The quantitative estimate of drug-likeness (QED) is 0.795. The van der Waals surface area contributed by atoms with E-state index in [1.807, 2.05) is 23.6 Å². The van der Waals surface area contributed by atoms with Gasteiger partial charge in [-0.2, -0.15) is 0 Å². The number of nitrogens with zero attached hydrogens (tertiary/aromatic N) is 1. The van der Waals surface area contributed by atoms with Gasteiger partial charge in [-0.1, -0.05) is 6.07 Å². The summed E-state index contributed by atoms with van der Waals surface area (Å²) >= 11 is 1.60. The van der Waals surface area contributed by atoms with E-state index in [9.17, 15) is 9.59 Å². The smallest absolute Gasteiger partial charge is 0.333 e. The van der Waals surface area contributed by atoms with Crippen LogP contribution in [0, 0.1) is 0 Å². The predicted octanol–water partition coefficient (Wildman–Crippen LogP) is 2.75. The molecule has 2 amide bonds. The van der Waals surface area contributed by atoms with Crippen molar-refractivity contribution in [1.82, 2.24) is 10.2 Å². The molecule has 1 aliphatic rings. The molecule has 0 radical (unpaired) electrons. The van der Waals surface area contributed by atoms with Crippen molar-refractivity contribution in [3.05, 3.63) is 45.6 Å². The summed E-state index contributed by atoms with van der Waals surface area (Å²) in [6.45, 7) is 0.769. The largest absolute Gasteiger partial charge is 0.493 e. The van der Waals surface area contributed by atoms with Crippen molar-refractivity contribution >= 4 is 23.3 Å². The monoisotopic (exact) mass is 390 g/mol. The third-order valence-corrected chi connectivity index (χ3v) is 5.54. The first-order chi connectivity index (χ1) is 13.1. The van der Waals surface area contributed by atoms with Crippen LogP contribution in [-0.2, 0) is 22.5 Å². The van der Waals surface area contributed by atoms with Crippen LogP contribution in [0.25, 0.3) is 0 Å². The van der Waals surface area contributed by atoms with Gasteiger partial charge >= 0.3 is 12.0 Å². The van der Waals surface area contributed by atoms with Crippen LogP contribution in [0.5, 0.6) is 11.5 Å². The first-order valence-corrected chi connectivity index (χ1v) is 9.36. The number of ether oxygens (including phenoxy) is 3. The fourth-order valence-corrected chi connectivity index (χ4v) is 4.07. The Balaban J connectivity index is 1.73. The second-order valence-electron chi connectivity index (χ2n) is 6.02. The lowest BCUT2D eigenvalue weighted by Crippen LogP contribution is -2.47. The number of rotatable bonds is 5. The van der Waals surface area contributed by atoms with Crippen LogP contribution < -0.4 is 14.8 Å². The van der Waals surface area contributed by atoms with Crippen molar-refractivity contribution in [1.29, 1.82) is 0 Å². The molecule has 144 valence electrons. The number of amides is 2. The van der Waals surface area contributed by atoms with Gasteiger partial charge in [-0.15, -0.1) is 11.3 Å². The summed E-state index contributed by atoms with van der Waals surface area (Å²) in [5.74, 6) is 0.785. The fraction of sp³-hybridized carbons (Fsp3) is 0.368. The van der Waals surface area contributed by atoms with Crippen LogP contribution in [0.2, 0.25) is 0 Å². The van der Waals surface area contributed by atoms with Gasteiger partial charge in [0.2, 0.25) is 0 Å². The Labute approximate surface area is 161 Å². The molecular weight excluding hydrogens is 368 g/mol. The maximum absolute atomic E-state index is 12.8. The maximum Gasteiger partial charge on any atom is 0.333 e. The average molecular weight is 390 g/mol. The highest BCUT2D eigenvalue weighted by atomic mass is 32.1. The Morgan fingerprint density at radius 3 is 2.67 bits per heavy atom. The number of benzene rings is 1. The van der Waals surface area contributed by atoms with Crippen LogP contribution in [0.15, 0.2) is 29.6 Å². The van der Waals surface area contributed by atoms with E-state index in [1.165, 1.54) is 12.0 Å². The van der Waals surface area contributed by atoms with Crippen LogP contribution >= 0.6 is 11.3 Å². The van der Waals surface area contributed by atoms with Gasteiger partial charge in [-0.05, 0) is 41.1 Å². The topological polar surface area (TPSA) is 77.1 Å². The summed E-state index contributed by atoms with van der Waals surface area (Å²) in [7, 11) is 4.47. The SMILES string of the molecule is COC(=O)C1c2ccsc2CCN1C(=O)NCc1ccc(OC)c(OC)c1. The van der Waals surface area contributed by atoms with E-state index < -0.39 is 12.0 Å². The number of hydrogen-bond donors (Lipinski definition) is 1. The molecule has 1 N–H and O–H groups in total. The zero-order valence-corrected chi connectivity index (χ0v) is 16.3. The van der Waals surface area contributed by atoms with E-state index in [2.05, 4.69) is 5.32 Å². The highest BCUT2D eigenvalue weighted by molar-refractivity contribution is 7.10. The summed E-state index contributed by atoms with van der Waals surface area (Å²) in [5.41, 5.74) is 1.71. The minimum absolute atomic E-state index is 0.306. The van der Waals surface area contributed by atoms with Crippen LogP contribution in [0.1, 0.15) is 22.0 Å². The van der Waals surface area contributed by atoms with Gasteiger partial charge in [0, 0.05) is 18.0 Å². The molecule has 1 aliphatic heterocycles. The van der Waals surface area contributed by atoms with Crippen LogP contribution in [0.3, 0.4) is 0 Å². The van der Waals surface area contributed by atoms with Crippen molar-refractivity contribution in [2.45, 2.75) is 19.0 Å². The molecule has 1 aromatic carbocycles. The number of carbonyl (C=O) groups is 2. The second kappa shape index (κ2) is 8.30. The summed E-state index contributed by atoms with van der Waals surface area (Å²) in [6.07, 6.45) is 0.726. The maximum atomic E-state index is 12.8. The van der Waals surface area contributed by atoms with Crippen molar-refractivity contribution in [3.63, 3.8) is 0 Å². The first kappa shape index (κ1) is 19.0. The molecule has 0 bridgehead atoms. The van der Waals surface area contributed by atoms with E-state index in [0.29, 0.717) is 24.6 Å². The molecule has 7 nitrogen and oxygen atoms in total. The molecule has 0 fully saturated rings. The minimum atomic E-state index is -0.713. The number of urea groups is 1. The van der Waals surface area contributed by atoms with Crippen molar-refractivity contribution < 1.29 is 23.8 Å². The highest BCUT2D eigenvalue weighted by Gasteiger charge is 2.37. The fourth-order valence-electron chi connectivity index (χ4n) is 3.17. The standard InChI is InChI=1S/C19H22N2O5S/c1-24-14-5-4-12(10-15(14)25-2)11-20-19(23)21-8-6-16-13(7-9-27-16)17(21)18(22)26-3/h4-5,7,9-10,17H,6,8,11H2,1-3H3,(H,20,23). The Kier molecular flexibility index (Phi) is 5.85. The van der Waals surface area contributed by atoms with Gasteiger partial charge in [-0.25, -0.2) is 9.59 Å². The van der Waals surface area contributed by atoms with Crippen LogP contribution in [-0.4, -0.2) is 44.8 Å². The molecule has 0 spiro atoms. The molecule has 0 aliphatic carbocycles. The lowest BCUT2D eigenvalue weighted by atomic mass is 10.0. The molecule has 1 aromatic heterocycles. The average Bonchev–Trinajstić information content (AvgIpc) is 3.19. The van der Waals surface area contributed by atoms with Gasteiger partial charge in [0.1, 0.15) is 0 Å². The van der Waals surface area contributed by atoms with Crippen LogP contribution in [0.4, 0.5) is 4.79 Å². The molecule has 0 saturated carbocycles. The summed E-state index contributed by atoms with van der Waals surface area (Å²) in [5, 5.41) is 4.81. The molecule has 2 aromatic rings. The van der Waals surface area contributed by atoms with E-state index >= 15 is 0 Å². The molecule has 2 heterocycles. The van der Waals surface area contributed by atoms with Gasteiger partial charge in [0.25, 0.3) is 0 Å². The lowest BCUT2D eigenvalue weighted by Gasteiger charge is -2.33. The number of nitrogens with one attached hydrogen (secondary N) is 1. The summed E-state index contributed by atoms with van der Waals surface area (Å²) in [4.78, 5) is 27.7.